The summed E-state index contributed by atoms with van der Waals surface area (Å²) in [5.74, 6) is -2.66. The van der Waals surface area contributed by atoms with E-state index >= 15 is 0 Å². The van der Waals surface area contributed by atoms with Crippen LogP contribution < -0.4 is 21.5 Å². The lowest BCUT2D eigenvalue weighted by molar-refractivity contribution is -0.169. The zero-order valence-electron chi connectivity index (χ0n) is 24.9. The summed E-state index contributed by atoms with van der Waals surface area (Å²) in [6.45, 7) is 10.5. The van der Waals surface area contributed by atoms with Gasteiger partial charge in [-0.1, -0.05) is 23.7 Å². The molecule has 1 amide bonds. The third-order valence-electron chi connectivity index (χ3n) is 7.70. The molecule has 45 heavy (non-hydrogen) atoms. The number of pyridine rings is 1. The summed E-state index contributed by atoms with van der Waals surface area (Å²) < 4.78 is 39.2. The molecule has 3 N–H and O–H groups in total. The lowest BCUT2D eigenvalue weighted by Crippen LogP contribution is -2.48. The predicted octanol–water partition coefficient (Wildman–Crippen LogP) is 5.20. The Hall–Kier alpha value is -4.49. The number of benzene rings is 2. The number of nitrogens with two attached hydrogens (primary N) is 1. The van der Waals surface area contributed by atoms with E-state index in [0.29, 0.717) is 35.1 Å². The molecule has 3 heterocycles. The first-order valence-corrected chi connectivity index (χ1v) is 14.8. The van der Waals surface area contributed by atoms with Gasteiger partial charge < -0.3 is 16.0 Å². The molecule has 236 valence electrons. The Balaban J connectivity index is 1.38. The lowest BCUT2D eigenvalue weighted by atomic mass is 10.0. The van der Waals surface area contributed by atoms with Gasteiger partial charge in [-0.2, -0.15) is 23.1 Å². The summed E-state index contributed by atoms with van der Waals surface area (Å²) >= 11 is 6.44. The fraction of sp³-hybridized carbons (Fsp3) is 0.323. The van der Waals surface area contributed by atoms with Crippen molar-refractivity contribution in [2.75, 3.05) is 36.4 Å². The first-order chi connectivity index (χ1) is 21.3. The number of hydrogen-bond donors (Lipinski definition) is 2. The van der Waals surface area contributed by atoms with Crippen LogP contribution in [0.15, 0.2) is 64.5 Å². The average molecular weight is 641 g/mol. The van der Waals surface area contributed by atoms with Crippen LogP contribution in [0.1, 0.15) is 26.3 Å². The van der Waals surface area contributed by atoms with Crippen molar-refractivity contribution in [2.24, 2.45) is 10.7 Å². The molecule has 2 aromatic carbocycles. The number of alkyl halides is 3. The molecule has 0 unspecified atom stereocenters. The quantitative estimate of drug-likeness (QED) is 0.209. The van der Waals surface area contributed by atoms with Crippen LogP contribution in [0.3, 0.4) is 0 Å². The number of halogens is 4. The van der Waals surface area contributed by atoms with Gasteiger partial charge in [-0.15, -0.1) is 0 Å². The molecule has 14 heteroatoms. The van der Waals surface area contributed by atoms with Crippen LogP contribution in [-0.2, 0) is 11.3 Å². The van der Waals surface area contributed by atoms with Gasteiger partial charge in [-0.05, 0) is 57.2 Å². The zero-order valence-corrected chi connectivity index (χ0v) is 25.7. The molecular formula is C31H32ClF3N8O2. The van der Waals surface area contributed by atoms with Gasteiger partial charge in [0.05, 0.1) is 0 Å². The highest BCUT2D eigenvalue weighted by Crippen LogP contribution is 2.29. The van der Waals surface area contributed by atoms with E-state index in [9.17, 15) is 22.8 Å². The summed E-state index contributed by atoms with van der Waals surface area (Å²) in [7, 11) is 0. The standard InChI is InChI=1S/C31H32ClF3N8O2/c1-4-43-27-20(15-24(28(43)44)23-10-5-19(16-25(23)32)26(36)39-29(45)31(33,34)35)17-37-30(40-27)38-21-6-8-22(9-7-21)42-13-11-41(12-14-42)18(2)3/h5-10,15-18H,4,11-14H2,1-3H3,(H2,36,39,45)(H,37,38,40). The molecule has 0 aliphatic carbocycles. The number of piperazine rings is 1. The minimum Gasteiger partial charge on any atom is -0.383 e. The number of aromatic nitrogens is 3. The topological polar surface area (TPSA) is 122 Å². The predicted molar refractivity (Wildman–Crippen MR) is 170 cm³/mol. The van der Waals surface area contributed by atoms with E-state index in [0.717, 1.165) is 37.6 Å². The maximum absolute atomic E-state index is 13.6. The fourth-order valence-electron chi connectivity index (χ4n) is 5.22. The molecule has 4 aromatic rings. The van der Waals surface area contributed by atoms with Gasteiger partial charge in [0.2, 0.25) is 5.95 Å². The largest absolute Gasteiger partial charge is 0.473 e. The first kappa shape index (κ1) is 31.9. The number of rotatable bonds is 7. The summed E-state index contributed by atoms with van der Waals surface area (Å²) in [4.78, 5) is 41.5. The molecule has 0 saturated carbocycles. The number of nitrogens with one attached hydrogen (secondary N) is 1. The number of nitrogens with zero attached hydrogens (tertiary/aromatic N) is 6. The molecular weight excluding hydrogens is 609 g/mol. The van der Waals surface area contributed by atoms with Crippen molar-refractivity contribution in [1.29, 1.82) is 0 Å². The van der Waals surface area contributed by atoms with Gasteiger partial charge in [0.1, 0.15) is 11.5 Å². The van der Waals surface area contributed by atoms with Gasteiger partial charge in [-0.3, -0.25) is 19.1 Å². The number of hydrogen-bond acceptors (Lipinski definition) is 7. The van der Waals surface area contributed by atoms with E-state index in [-0.39, 0.29) is 21.7 Å². The van der Waals surface area contributed by atoms with E-state index in [1.54, 1.807) is 19.2 Å². The number of amidine groups is 1. The number of anilines is 3. The molecule has 0 spiro atoms. The van der Waals surface area contributed by atoms with Crippen molar-refractivity contribution < 1.29 is 18.0 Å². The van der Waals surface area contributed by atoms with Gasteiger partial charge >= 0.3 is 12.1 Å². The van der Waals surface area contributed by atoms with Crippen molar-refractivity contribution in [1.82, 2.24) is 19.4 Å². The van der Waals surface area contributed by atoms with Crippen LogP contribution in [0.4, 0.5) is 30.5 Å². The van der Waals surface area contributed by atoms with E-state index < -0.39 is 17.9 Å². The van der Waals surface area contributed by atoms with Gasteiger partial charge in [0.15, 0.2) is 0 Å². The molecule has 1 aliphatic rings. The molecule has 10 nitrogen and oxygen atoms in total. The Morgan fingerprint density at radius 3 is 2.36 bits per heavy atom. The van der Waals surface area contributed by atoms with E-state index in [2.05, 4.69) is 56.1 Å². The highest BCUT2D eigenvalue weighted by molar-refractivity contribution is 6.33. The Morgan fingerprint density at radius 2 is 1.76 bits per heavy atom. The van der Waals surface area contributed by atoms with Gasteiger partial charge in [0, 0.05) is 83.4 Å². The summed E-state index contributed by atoms with van der Waals surface area (Å²) in [5, 5.41) is 3.82. The Kier molecular flexibility index (Phi) is 9.12. The van der Waals surface area contributed by atoms with Crippen LogP contribution in [0.2, 0.25) is 5.02 Å². The van der Waals surface area contributed by atoms with Gasteiger partial charge in [0.25, 0.3) is 5.56 Å². The molecule has 1 aliphatic heterocycles. The van der Waals surface area contributed by atoms with Crippen LogP contribution in [0, 0.1) is 0 Å². The monoisotopic (exact) mass is 640 g/mol. The Bertz CT molecular complexity index is 1820. The minimum atomic E-state index is -5.16. The second-order valence-corrected chi connectivity index (χ2v) is 11.3. The van der Waals surface area contributed by atoms with E-state index in [1.807, 2.05) is 12.1 Å². The van der Waals surface area contributed by atoms with Crippen LogP contribution >= 0.6 is 11.6 Å². The highest BCUT2D eigenvalue weighted by atomic mass is 35.5. The highest BCUT2D eigenvalue weighted by Gasteiger charge is 2.38. The number of fused-ring (bicyclic) bond motifs is 1. The van der Waals surface area contributed by atoms with Crippen molar-refractivity contribution in [2.45, 2.75) is 39.5 Å². The lowest BCUT2D eigenvalue weighted by Gasteiger charge is -2.38. The second-order valence-electron chi connectivity index (χ2n) is 10.9. The summed E-state index contributed by atoms with van der Waals surface area (Å²) in [6.07, 6.45) is -3.56. The van der Waals surface area contributed by atoms with Crippen LogP contribution in [0.5, 0.6) is 0 Å². The van der Waals surface area contributed by atoms with E-state index in [1.165, 1.54) is 22.8 Å². The number of carbonyl (C=O) groups is 1. The third kappa shape index (κ3) is 6.94. The molecule has 1 saturated heterocycles. The Labute approximate surface area is 262 Å². The number of amides is 1. The zero-order chi connectivity index (χ0) is 32.5. The summed E-state index contributed by atoms with van der Waals surface area (Å²) in [6, 6.07) is 14.2. The summed E-state index contributed by atoms with van der Waals surface area (Å²) in [5.41, 5.74) is 8.14. The first-order valence-electron chi connectivity index (χ1n) is 14.4. The second kappa shape index (κ2) is 12.9. The molecule has 2 aromatic heterocycles. The van der Waals surface area contributed by atoms with Crippen molar-refractivity contribution in [3.8, 4) is 11.1 Å². The van der Waals surface area contributed by atoms with Crippen molar-refractivity contribution >= 4 is 51.7 Å². The number of aryl methyl sites for hydroxylation is 1. The minimum absolute atomic E-state index is 0.00117. The average Bonchev–Trinajstić information content (AvgIpc) is 3.01. The molecule has 0 bridgehead atoms. The van der Waals surface area contributed by atoms with Crippen molar-refractivity contribution in [3.63, 3.8) is 0 Å². The number of carbonyl (C=O) groups excluding carboxylic acids is 1. The Morgan fingerprint density at radius 1 is 1.07 bits per heavy atom. The smallest absolute Gasteiger partial charge is 0.383 e. The fourth-order valence-corrected chi connectivity index (χ4v) is 5.50. The maximum Gasteiger partial charge on any atom is 0.473 e. The van der Waals surface area contributed by atoms with Crippen LogP contribution in [0.25, 0.3) is 22.2 Å². The SMILES string of the molecule is CCn1c(=O)c(-c2ccc(C(N)=NC(=O)C(F)(F)F)cc2Cl)cc2cnc(Nc3ccc(N4CCN(C(C)C)CC4)cc3)nc21. The van der Waals surface area contributed by atoms with Crippen molar-refractivity contribution in [3.05, 3.63) is 75.7 Å². The van der Waals surface area contributed by atoms with Gasteiger partial charge in [-0.25, -0.2) is 4.98 Å². The molecule has 0 atom stereocenters. The van der Waals surface area contributed by atoms with Crippen LogP contribution in [-0.4, -0.2) is 69.6 Å². The molecule has 1 fully saturated rings. The normalized spacial score (nSPS) is 14.8. The molecule has 0 radical (unpaired) electrons. The van der Waals surface area contributed by atoms with E-state index in [4.69, 9.17) is 17.3 Å². The molecule has 5 rings (SSSR count). The maximum atomic E-state index is 13.6. The third-order valence-corrected chi connectivity index (χ3v) is 8.01. The number of aliphatic imine (C=N–C) groups is 1.